The normalized spacial score (nSPS) is 19.2. The molecule has 0 aromatic heterocycles. The van der Waals surface area contributed by atoms with Gasteiger partial charge in [0.15, 0.2) is 17.2 Å². The Hall–Kier alpha value is -5.63. The lowest BCUT2D eigenvalue weighted by Crippen LogP contribution is -2.32. The number of Topliss-reactive ketones (excluding diaryl/α,β-unsaturated/α-hetero) is 2. The van der Waals surface area contributed by atoms with Gasteiger partial charge in [0, 0.05) is 45.6 Å². The molecule has 2 aliphatic heterocycles. The molecule has 0 saturated heterocycles. The second kappa shape index (κ2) is 8.01. The third kappa shape index (κ3) is 3.12. The summed E-state index contributed by atoms with van der Waals surface area (Å²) in [5.41, 5.74) is 5.10. The molecule has 1 unspecified atom stereocenters. The van der Waals surface area contributed by atoms with Crippen molar-refractivity contribution in [3.8, 4) is 23.0 Å². The first-order chi connectivity index (χ1) is 20.8. The number of carbonyl (C=O) groups is 3. The molecule has 0 amide bonds. The van der Waals surface area contributed by atoms with Crippen LogP contribution in [0.3, 0.4) is 0 Å². The lowest BCUT2D eigenvalue weighted by Gasteiger charge is -2.36. The molecule has 0 bridgehead atoms. The highest BCUT2D eigenvalue weighted by atomic mass is 16.6. The molecule has 1 atom stereocenters. The SMILES string of the molecule is O=C1OC2(c3ccc(O)cc3Oc3cc(O)ccc32)c2ccc(Nc3cc4c(c5c3C(=O)C3CC=CC=C3C5=O)C4)cc21. The molecule has 0 saturated carbocycles. The zero-order chi connectivity index (χ0) is 29.2. The topological polar surface area (TPSA) is 122 Å². The summed E-state index contributed by atoms with van der Waals surface area (Å²) in [7, 11) is 0. The molecule has 3 aliphatic carbocycles. The van der Waals surface area contributed by atoms with Crippen molar-refractivity contribution in [3.05, 3.63) is 129 Å². The molecule has 2 heterocycles. The third-order valence-electron chi connectivity index (χ3n) is 9.03. The van der Waals surface area contributed by atoms with Gasteiger partial charge in [-0.25, -0.2) is 4.79 Å². The molecule has 3 N–H and O–H groups in total. The van der Waals surface area contributed by atoms with Crippen molar-refractivity contribution in [2.75, 3.05) is 5.32 Å². The first-order valence-electron chi connectivity index (χ1n) is 14.0. The smallest absolute Gasteiger partial charge is 0.340 e. The van der Waals surface area contributed by atoms with E-state index in [0.717, 1.165) is 11.1 Å². The zero-order valence-corrected chi connectivity index (χ0v) is 22.4. The van der Waals surface area contributed by atoms with Gasteiger partial charge in [-0.2, -0.15) is 0 Å². The number of nitrogens with one attached hydrogen (secondary N) is 1. The van der Waals surface area contributed by atoms with Gasteiger partial charge in [0.25, 0.3) is 0 Å². The second-order valence-corrected chi connectivity index (χ2v) is 11.4. The minimum Gasteiger partial charge on any atom is -0.508 e. The predicted octanol–water partition coefficient (Wildman–Crippen LogP) is 6.20. The minimum atomic E-state index is -1.37. The second-order valence-electron chi connectivity index (χ2n) is 11.4. The van der Waals surface area contributed by atoms with Crippen molar-refractivity contribution in [2.45, 2.75) is 18.4 Å². The highest BCUT2D eigenvalue weighted by Gasteiger charge is 2.54. The number of anilines is 2. The molecule has 4 aromatic carbocycles. The van der Waals surface area contributed by atoms with Gasteiger partial charge >= 0.3 is 5.97 Å². The van der Waals surface area contributed by atoms with Crippen molar-refractivity contribution in [1.82, 2.24) is 0 Å². The standard InChI is InChI=1S/C35H21NO7/c37-18-6-9-25-28(14-18)42-29-15-19(38)7-10-26(29)35(25)24-8-5-17(13-23(24)34(41)43-35)36-27-12-16-11-22(16)30-31(27)33(40)21-4-2-1-3-20(21)32(30)39/h1-3,5-10,12-15,21,36-38H,4,11H2. The number of rotatable bonds is 2. The minimum absolute atomic E-state index is 0.0208. The molecule has 0 fully saturated rings. The number of phenols is 2. The maximum atomic E-state index is 13.7. The summed E-state index contributed by atoms with van der Waals surface area (Å²) >= 11 is 0. The Balaban J connectivity index is 1.17. The Morgan fingerprint density at radius 1 is 0.837 bits per heavy atom. The van der Waals surface area contributed by atoms with Gasteiger partial charge in [-0.15, -0.1) is 0 Å². The summed E-state index contributed by atoms with van der Waals surface area (Å²) in [4.78, 5) is 40.7. The average molecular weight is 568 g/mol. The number of hydrogen-bond acceptors (Lipinski definition) is 8. The van der Waals surface area contributed by atoms with E-state index in [1.807, 2.05) is 18.2 Å². The number of aromatic hydroxyl groups is 2. The van der Waals surface area contributed by atoms with Gasteiger partial charge in [-0.05, 0) is 66.4 Å². The van der Waals surface area contributed by atoms with Crippen LogP contribution in [0.2, 0.25) is 0 Å². The van der Waals surface area contributed by atoms with E-state index in [9.17, 15) is 24.6 Å². The number of fused-ring (bicyclic) bond motifs is 10. The van der Waals surface area contributed by atoms with E-state index in [4.69, 9.17) is 9.47 Å². The Bertz CT molecular complexity index is 2050. The lowest BCUT2D eigenvalue weighted by atomic mass is 9.74. The summed E-state index contributed by atoms with van der Waals surface area (Å²) in [5, 5.41) is 23.6. The van der Waals surface area contributed by atoms with E-state index in [1.54, 1.807) is 36.4 Å². The Labute approximate surface area is 244 Å². The van der Waals surface area contributed by atoms with E-state index >= 15 is 0 Å². The van der Waals surface area contributed by atoms with Gasteiger partial charge < -0.3 is 25.0 Å². The van der Waals surface area contributed by atoms with Crippen molar-refractivity contribution in [1.29, 1.82) is 0 Å². The van der Waals surface area contributed by atoms with E-state index in [-0.39, 0.29) is 23.1 Å². The van der Waals surface area contributed by atoms with Crippen LogP contribution >= 0.6 is 0 Å². The summed E-state index contributed by atoms with van der Waals surface area (Å²) < 4.78 is 12.2. The summed E-state index contributed by atoms with van der Waals surface area (Å²) in [6.07, 6.45) is 6.65. The average Bonchev–Trinajstić information content (AvgIpc) is 3.72. The summed E-state index contributed by atoms with van der Waals surface area (Å²) in [6.45, 7) is 0. The van der Waals surface area contributed by atoms with Crippen LogP contribution in [0.25, 0.3) is 0 Å². The van der Waals surface area contributed by atoms with Crippen LogP contribution in [0, 0.1) is 5.92 Å². The molecule has 5 aliphatic rings. The van der Waals surface area contributed by atoms with Crippen molar-refractivity contribution >= 4 is 28.9 Å². The van der Waals surface area contributed by atoms with Crippen LogP contribution in [-0.4, -0.2) is 27.7 Å². The van der Waals surface area contributed by atoms with Gasteiger partial charge in [-0.3, -0.25) is 9.59 Å². The van der Waals surface area contributed by atoms with Gasteiger partial charge in [0.1, 0.15) is 23.0 Å². The third-order valence-corrected chi connectivity index (χ3v) is 9.03. The van der Waals surface area contributed by atoms with E-state index < -0.39 is 17.5 Å². The van der Waals surface area contributed by atoms with E-state index in [1.165, 1.54) is 24.3 Å². The van der Waals surface area contributed by atoms with Crippen molar-refractivity contribution in [2.24, 2.45) is 5.92 Å². The lowest BCUT2D eigenvalue weighted by molar-refractivity contribution is 0.0224. The quantitative estimate of drug-likeness (QED) is 0.216. The van der Waals surface area contributed by atoms with Crippen LogP contribution in [0.5, 0.6) is 23.0 Å². The number of carbonyl (C=O) groups excluding carboxylic acids is 3. The van der Waals surface area contributed by atoms with Crippen LogP contribution < -0.4 is 10.1 Å². The molecule has 4 aromatic rings. The number of hydrogen-bond donors (Lipinski definition) is 3. The molecule has 208 valence electrons. The van der Waals surface area contributed by atoms with E-state index in [0.29, 0.717) is 74.7 Å². The molecule has 0 radical (unpaired) electrons. The van der Waals surface area contributed by atoms with E-state index in [2.05, 4.69) is 5.32 Å². The fourth-order valence-corrected chi connectivity index (χ4v) is 7.04. The number of allylic oxidation sites excluding steroid dienone is 4. The monoisotopic (exact) mass is 567 g/mol. The van der Waals surface area contributed by atoms with Crippen LogP contribution in [-0.2, 0) is 16.8 Å². The van der Waals surface area contributed by atoms with Crippen molar-refractivity contribution < 1.29 is 34.1 Å². The molecule has 1 spiro atoms. The zero-order valence-electron chi connectivity index (χ0n) is 22.4. The Morgan fingerprint density at radius 2 is 1.56 bits per heavy atom. The van der Waals surface area contributed by atoms with Crippen LogP contribution in [0.15, 0.2) is 84.5 Å². The first-order valence-corrected chi connectivity index (χ1v) is 14.0. The van der Waals surface area contributed by atoms with Crippen molar-refractivity contribution in [3.63, 3.8) is 0 Å². The Kier molecular flexibility index (Phi) is 4.47. The van der Waals surface area contributed by atoms with Gasteiger partial charge in [-0.1, -0.05) is 24.3 Å². The maximum absolute atomic E-state index is 13.7. The summed E-state index contributed by atoms with van der Waals surface area (Å²) in [5.74, 6) is -0.667. The fourth-order valence-electron chi connectivity index (χ4n) is 7.04. The molecule has 8 nitrogen and oxygen atoms in total. The predicted molar refractivity (Wildman–Crippen MR) is 155 cm³/mol. The molecule has 43 heavy (non-hydrogen) atoms. The number of benzene rings is 4. The molecular formula is C35H21NO7. The number of phenolic OH excluding ortho intramolecular Hbond substituents is 2. The van der Waals surface area contributed by atoms with Crippen LogP contribution in [0.1, 0.15) is 65.3 Å². The molecule has 8 heteroatoms. The fraction of sp³-hybridized carbons (Fsp3) is 0.114. The van der Waals surface area contributed by atoms with Gasteiger partial charge in [0.05, 0.1) is 22.7 Å². The van der Waals surface area contributed by atoms with Crippen LogP contribution in [0.4, 0.5) is 11.4 Å². The number of esters is 1. The highest BCUT2D eigenvalue weighted by molar-refractivity contribution is 6.27. The molecular weight excluding hydrogens is 546 g/mol. The maximum Gasteiger partial charge on any atom is 0.340 e. The number of ketones is 2. The summed E-state index contributed by atoms with van der Waals surface area (Å²) in [6, 6.07) is 16.4. The highest BCUT2D eigenvalue weighted by Crippen LogP contribution is 2.57. The Morgan fingerprint density at radius 3 is 2.30 bits per heavy atom. The molecule has 9 rings (SSSR count). The first kappa shape index (κ1) is 24.0. The largest absolute Gasteiger partial charge is 0.508 e. The number of ether oxygens (including phenoxy) is 2. The van der Waals surface area contributed by atoms with Gasteiger partial charge in [0.2, 0.25) is 0 Å².